The fourth-order valence-electron chi connectivity index (χ4n) is 10.0. The van der Waals surface area contributed by atoms with Gasteiger partial charge in [0.2, 0.25) is 0 Å². The Labute approximate surface area is 218 Å². The van der Waals surface area contributed by atoms with E-state index >= 15 is 0 Å². The van der Waals surface area contributed by atoms with Crippen molar-refractivity contribution in [2.45, 2.75) is 137 Å². The van der Waals surface area contributed by atoms with Crippen molar-refractivity contribution in [1.82, 2.24) is 0 Å². The van der Waals surface area contributed by atoms with Crippen LogP contribution in [0, 0.1) is 52.3 Å². The summed E-state index contributed by atoms with van der Waals surface area (Å²) in [6, 6.07) is 0. The van der Waals surface area contributed by atoms with E-state index in [1.54, 1.807) is 0 Å². The van der Waals surface area contributed by atoms with Crippen LogP contribution < -0.4 is 0 Å². The lowest BCUT2D eigenvalue weighted by Crippen LogP contribution is -2.62. The van der Waals surface area contributed by atoms with Gasteiger partial charge in [0.05, 0.1) is 6.10 Å². The van der Waals surface area contributed by atoms with E-state index in [0.717, 1.165) is 19.3 Å². The smallest absolute Gasteiger partial charge is 0.192 e. The summed E-state index contributed by atoms with van der Waals surface area (Å²) in [6.45, 7) is 22.1. The van der Waals surface area contributed by atoms with Crippen molar-refractivity contribution >= 4 is 8.32 Å². The van der Waals surface area contributed by atoms with Crippen molar-refractivity contribution in [3.63, 3.8) is 0 Å². The maximum atomic E-state index is 12.1. The van der Waals surface area contributed by atoms with E-state index in [1.165, 1.54) is 38.5 Å². The average Bonchev–Trinajstić information content (AvgIpc) is 3.11. The molecule has 0 bridgehead atoms. The van der Waals surface area contributed by atoms with Crippen molar-refractivity contribution in [2.24, 2.45) is 52.3 Å². The zero-order valence-electron chi connectivity index (χ0n) is 24.6. The minimum Gasteiger partial charge on any atom is -0.414 e. The normalized spacial score (nSPS) is 47.1. The molecule has 5 unspecified atom stereocenters. The number of fused-ring (bicyclic) bond motifs is 5. The van der Waals surface area contributed by atoms with Gasteiger partial charge in [-0.2, -0.15) is 0 Å². The van der Waals surface area contributed by atoms with E-state index in [9.17, 15) is 10.2 Å². The molecule has 4 aliphatic rings. The number of hydrogen-bond acceptors (Lipinski definition) is 3. The van der Waals surface area contributed by atoms with Crippen LogP contribution in [-0.4, -0.2) is 37.3 Å². The summed E-state index contributed by atoms with van der Waals surface area (Å²) < 4.78 is 6.99. The molecule has 4 rings (SSSR count). The molecule has 0 aromatic heterocycles. The lowest BCUT2D eigenvalue weighted by Gasteiger charge is -2.65. The SMILES string of the molecule is CC[C@@H]1C2CC(O[Si](C)(C)C(C)(C)C)CC[C@]2(C)C2CC[C@@]3(C)C(CC[C@@H]3[C@H](C)CCO)C2[C@@H]1O. The van der Waals surface area contributed by atoms with E-state index in [0.29, 0.717) is 65.0 Å². The van der Waals surface area contributed by atoms with Crippen LogP contribution in [-0.2, 0) is 4.43 Å². The molecule has 4 saturated carbocycles. The molecule has 4 heteroatoms. The minimum absolute atomic E-state index is 0.161. The molecule has 2 N–H and O–H groups in total. The Morgan fingerprint density at radius 3 is 2.20 bits per heavy atom. The second kappa shape index (κ2) is 9.69. The van der Waals surface area contributed by atoms with Gasteiger partial charge in [0.1, 0.15) is 0 Å². The maximum Gasteiger partial charge on any atom is 0.192 e. The number of aliphatic hydroxyl groups is 2. The first-order valence-electron chi connectivity index (χ1n) is 15.2. The molecule has 0 radical (unpaired) electrons. The lowest BCUT2D eigenvalue weighted by molar-refractivity contribution is -0.202. The number of aliphatic hydroxyl groups excluding tert-OH is 2. The predicted molar refractivity (Wildman–Crippen MR) is 149 cm³/mol. The van der Waals surface area contributed by atoms with E-state index in [-0.39, 0.29) is 11.1 Å². The van der Waals surface area contributed by atoms with Gasteiger partial charge in [-0.1, -0.05) is 54.9 Å². The highest BCUT2D eigenvalue weighted by molar-refractivity contribution is 6.74. The van der Waals surface area contributed by atoms with Crippen molar-refractivity contribution < 1.29 is 14.6 Å². The Morgan fingerprint density at radius 1 is 0.971 bits per heavy atom. The van der Waals surface area contributed by atoms with Crippen LogP contribution in [0.15, 0.2) is 0 Å². The summed E-state index contributed by atoms with van der Waals surface area (Å²) in [7, 11) is -1.79. The molecule has 0 amide bonds. The molecule has 4 fully saturated rings. The van der Waals surface area contributed by atoms with E-state index < -0.39 is 8.32 Å². The molecular weight excluding hydrogens is 448 g/mol. The largest absolute Gasteiger partial charge is 0.414 e. The van der Waals surface area contributed by atoms with Crippen molar-refractivity contribution in [3.05, 3.63) is 0 Å². The Balaban J connectivity index is 1.59. The number of hydrogen-bond donors (Lipinski definition) is 2. The summed E-state index contributed by atoms with van der Waals surface area (Å²) in [5.74, 6) is 4.04. The summed E-state index contributed by atoms with van der Waals surface area (Å²) in [5, 5.41) is 22.0. The first-order valence-corrected chi connectivity index (χ1v) is 18.1. The van der Waals surface area contributed by atoms with Gasteiger partial charge in [0.15, 0.2) is 8.32 Å². The second-order valence-corrected chi connectivity index (χ2v) is 20.2. The summed E-state index contributed by atoms with van der Waals surface area (Å²) in [4.78, 5) is 0. The highest BCUT2D eigenvalue weighted by atomic mass is 28.4. The third-order valence-electron chi connectivity index (χ3n) is 13.0. The van der Waals surface area contributed by atoms with Crippen LogP contribution in [0.25, 0.3) is 0 Å². The highest BCUT2D eigenvalue weighted by Gasteiger charge is 2.65. The van der Waals surface area contributed by atoms with Gasteiger partial charge >= 0.3 is 0 Å². The summed E-state index contributed by atoms with van der Waals surface area (Å²) >= 11 is 0. The van der Waals surface area contributed by atoms with Crippen LogP contribution >= 0.6 is 0 Å². The molecule has 204 valence electrons. The molecule has 0 spiro atoms. The van der Waals surface area contributed by atoms with Crippen LogP contribution in [0.3, 0.4) is 0 Å². The van der Waals surface area contributed by atoms with E-state index in [1.807, 2.05) is 0 Å². The molecule has 0 heterocycles. The molecule has 3 nitrogen and oxygen atoms in total. The number of rotatable bonds is 6. The summed E-state index contributed by atoms with van der Waals surface area (Å²) in [6.07, 6.45) is 11.0. The summed E-state index contributed by atoms with van der Waals surface area (Å²) in [5.41, 5.74) is 0.675. The van der Waals surface area contributed by atoms with Crippen LogP contribution in [0.5, 0.6) is 0 Å². The second-order valence-electron chi connectivity index (χ2n) is 15.5. The Hall–Kier alpha value is 0.0969. The van der Waals surface area contributed by atoms with E-state index in [2.05, 4.69) is 61.6 Å². The van der Waals surface area contributed by atoms with Gasteiger partial charge in [0, 0.05) is 12.7 Å². The first kappa shape index (κ1) is 28.1. The standard InChI is InChI=1S/C31H58O3Si/c1-10-22-26-19-21(34-35(8,9)29(3,4)5)13-16-31(26,7)25-14-17-30(6)23(20(2)15-18-32)11-12-24(30)27(25)28(22)33/h20-28,32-33H,10-19H2,1-9H3/t20-,21?,22-,23-,24?,25?,26?,27?,28-,30-,31-/m1/s1. The van der Waals surface area contributed by atoms with E-state index in [4.69, 9.17) is 4.43 Å². The monoisotopic (exact) mass is 506 g/mol. The molecule has 0 aromatic carbocycles. The molecule has 0 aromatic rings. The molecule has 0 aliphatic heterocycles. The van der Waals surface area contributed by atoms with Crippen molar-refractivity contribution in [2.75, 3.05) is 6.61 Å². The molecular formula is C31H58O3Si. The molecule has 4 aliphatic carbocycles. The minimum atomic E-state index is -1.79. The van der Waals surface area contributed by atoms with Gasteiger partial charge in [-0.25, -0.2) is 0 Å². The van der Waals surface area contributed by atoms with Gasteiger partial charge in [0.25, 0.3) is 0 Å². The zero-order valence-corrected chi connectivity index (χ0v) is 25.6. The molecule has 0 saturated heterocycles. The lowest BCUT2D eigenvalue weighted by atomic mass is 9.41. The first-order chi connectivity index (χ1) is 16.2. The van der Waals surface area contributed by atoms with Gasteiger partial charge in [-0.3, -0.25) is 0 Å². The van der Waals surface area contributed by atoms with Crippen molar-refractivity contribution in [3.8, 4) is 0 Å². The quantitative estimate of drug-likeness (QED) is 0.364. The zero-order chi connectivity index (χ0) is 26.0. The topological polar surface area (TPSA) is 49.7 Å². The van der Waals surface area contributed by atoms with Crippen LogP contribution in [0.2, 0.25) is 18.1 Å². The van der Waals surface area contributed by atoms with Crippen molar-refractivity contribution in [1.29, 1.82) is 0 Å². The third kappa shape index (κ3) is 4.53. The fraction of sp³-hybridized carbons (Fsp3) is 1.00. The fourth-order valence-corrected chi connectivity index (χ4v) is 11.4. The Morgan fingerprint density at radius 2 is 1.60 bits per heavy atom. The molecule has 11 atom stereocenters. The van der Waals surface area contributed by atoms with Gasteiger partial charge < -0.3 is 14.6 Å². The van der Waals surface area contributed by atoms with Crippen LogP contribution in [0.4, 0.5) is 0 Å². The van der Waals surface area contributed by atoms with Crippen LogP contribution in [0.1, 0.15) is 106 Å². The average molecular weight is 507 g/mol. The van der Waals surface area contributed by atoms with Gasteiger partial charge in [-0.05, 0) is 122 Å². The third-order valence-corrected chi connectivity index (χ3v) is 17.5. The maximum absolute atomic E-state index is 12.1. The Bertz CT molecular complexity index is 746. The highest BCUT2D eigenvalue weighted by Crippen LogP contribution is 2.69. The predicted octanol–water partition coefficient (Wildman–Crippen LogP) is 7.66. The van der Waals surface area contributed by atoms with Gasteiger partial charge in [-0.15, -0.1) is 0 Å². The Kier molecular flexibility index (Phi) is 7.78. The molecule has 35 heavy (non-hydrogen) atoms.